The number of aliphatic carboxylic acids is 1. The lowest BCUT2D eigenvalue weighted by atomic mass is 9.79. The Morgan fingerprint density at radius 2 is 2.00 bits per heavy atom. The summed E-state index contributed by atoms with van der Waals surface area (Å²) in [6.45, 7) is 4.89. The lowest BCUT2D eigenvalue weighted by Gasteiger charge is -2.46. The fraction of sp³-hybridized carbons (Fsp3) is 0.435. The molecule has 0 bridgehead atoms. The molecule has 4 atom stereocenters. The number of thioether (sulfide) groups is 1. The molecule has 2 aromatic rings. The molecule has 0 spiro atoms. The molecule has 10 nitrogen and oxygen atoms in total. The molecule has 13 heteroatoms. The summed E-state index contributed by atoms with van der Waals surface area (Å²) in [5.41, 5.74) is 0.665. The van der Waals surface area contributed by atoms with E-state index in [2.05, 4.69) is 14.6 Å². The predicted octanol–water partition coefficient (Wildman–Crippen LogP) is 1.70. The van der Waals surface area contributed by atoms with Crippen LogP contribution in [0.1, 0.15) is 19.5 Å². The third kappa shape index (κ3) is 4.32. The lowest BCUT2D eigenvalue weighted by Crippen LogP contribution is -2.63. The number of rotatable bonds is 9. The van der Waals surface area contributed by atoms with E-state index >= 15 is 0 Å². The number of amides is 1. The normalized spacial score (nSPS) is 25.0. The molecule has 0 saturated carbocycles. The minimum Gasteiger partial charge on any atom is -0.477 e. The second kappa shape index (κ2) is 9.45. The summed E-state index contributed by atoms with van der Waals surface area (Å²) in [4.78, 5) is 33.3. The third-order valence-electron chi connectivity index (χ3n) is 6.76. The highest BCUT2D eigenvalue weighted by Gasteiger charge is 2.60. The van der Waals surface area contributed by atoms with Gasteiger partial charge >= 0.3 is 5.97 Å². The summed E-state index contributed by atoms with van der Waals surface area (Å²) in [6.07, 6.45) is -0.823. The molecule has 3 aliphatic rings. The molecule has 3 aliphatic heterocycles. The zero-order valence-corrected chi connectivity index (χ0v) is 22.0. The van der Waals surface area contributed by atoms with E-state index in [0.717, 1.165) is 5.13 Å². The summed E-state index contributed by atoms with van der Waals surface area (Å²) in [5.74, 6) is -2.18. The van der Waals surface area contributed by atoms with Gasteiger partial charge in [-0.15, -0.1) is 23.1 Å². The highest BCUT2D eigenvalue weighted by atomic mass is 32.2. The van der Waals surface area contributed by atoms with E-state index in [9.17, 15) is 28.2 Å². The van der Waals surface area contributed by atoms with Crippen LogP contribution in [0.3, 0.4) is 0 Å². The van der Waals surface area contributed by atoms with Crippen LogP contribution in [-0.2, 0) is 26.2 Å². The molecule has 1 aromatic carbocycles. The number of aromatic nitrogens is 1. The number of anilines is 1. The van der Waals surface area contributed by atoms with E-state index in [1.165, 1.54) is 40.1 Å². The summed E-state index contributed by atoms with van der Waals surface area (Å²) in [5, 5.41) is 22.5. The van der Waals surface area contributed by atoms with Crippen LogP contribution in [0.2, 0.25) is 0 Å². The van der Waals surface area contributed by atoms with Gasteiger partial charge in [-0.1, -0.05) is 25.1 Å². The number of fused-ring (bicyclic) bond motifs is 1. The zero-order valence-electron chi connectivity index (χ0n) is 19.6. The first-order valence-corrected chi connectivity index (χ1v) is 14.7. The molecular formula is C23H26N4O6S3. The van der Waals surface area contributed by atoms with Crippen molar-refractivity contribution in [3.05, 3.63) is 52.0 Å². The molecule has 192 valence electrons. The van der Waals surface area contributed by atoms with Gasteiger partial charge in [-0.2, -0.15) is 0 Å². The Morgan fingerprint density at radius 1 is 1.31 bits per heavy atom. The minimum atomic E-state index is -3.62. The van der Waals surface area contributed by atoms with E-state index in [4.69, 9.17) is 0 Å². The van der Waals surface area contributed by atoms with Crippen molar-refractivity contribution in [3.63, 3.8) is 0 Å². The SMILES string of the molecule is C[C@@H](O)[C@H]1C(=O)N2C(C(=O)O)=C(SC3CN(c4nc(CNS(=O)(=O)c5ccccc5)cs4)C3)[C@H](C)[C@H]12. The maximum Gasteiger partial charge on any atom is 0.353 e. The first kappa shape index (κ1) is 25.2. The number of carbonyl (C=O) groups is 2. The molecule has 3 N–H and O–H groups in total. The summed E-state index contributed by atoms with van der Waals surface area (Å²) < 4.78 is 27.4. The molecule has 1 amide bonds. The molecular weight excluding hydrogens is 524 g/mol. The Morgan fingerprint density at radius 3 is 2.64 bits per heavy atom. The van der Waals surface area contributed by atoms with Crippen LogP contribution >= 0.6 is 23.1 Å². The molecule has 36 heavy (non-hydrogen) atoms. The molecule has 0 unspecified atom stereocenters. The number of hydrogen-bond donors (Lipinski definition) is 3. The Bertz CT molecular complexity index is 1320. The number of hydrogen-bond acceptors (Lipinski definition) is 9. The number of sulfonamides is 1. The number of carboxylic acids is 1. The summed E-state index contributed by atoms with van der Waals surface area (Å²) >= 11 is 2.91. The van der Waals surface area contributed by atoms with E-state index in [0.29, 0.717) is 23.7 Å². The third-order valence-corrected chi connectivity index (χ3v) is 10.6. The van der Waals surface area contributed by atoms with Crippen LogP contribution in [0.4, 0.5) is 5.13 Å². The fourth-order valence-electron chi connectivity index (χ4n) is 4.90. The Balaban J connectivity index is 1.19. The van der Waals surface area contributed by atoms with Gasteiger partial charge in [0.05, 0.1) is 35.2 Å². The number of carboxylic acid groups (broad SMARTS) is 1. The number of nitrogens with zero attached hydrogens (tertiary/aromatic N) is 3. The van der Waals surface area contributed by atoms with Crippen molar-refractivity contribution in [2.24, 2.45) is 11.8 Å². The quantitative estimate of drug-likeness (QED) is 0.398. The number of carbonyl (C=O) groups excluding carboxylic acids is 1. The maximum atomic E-state index is 12.5. The molecule has 2 saturated heterocycles. The Hall–Kier alpha value is -2.45. The van der Waals surface area contributed by atoms with Crippen molar-refractivity contribution in [2.45, 2.75) is 42.7 Å². The molecule has 4 heterocycles. The van der Waals surface area contributed by atoms with Gasteiger partial charge in [0.15, 0.2) is 5.13 Å². The predicted molar refractivity (Wildman–Crippen MR) is 136 cm³/mol. The largest absolute Gasteiger partial charge is 0.477 e. The van der Waals surface area contributed by atoms with E-state index < -0.39 is 28.0 Å². The number of nitrogens with one attached hydrogen (secondary N) is 1. The van der Waals surface area contributed by atoms with E-state index in [1.807, 2.05) is 12.3 Å². The van der Waals surface area contributed by atoms with Crippen molar-refractivity contribution in [2.75, 3.05) is 18.0 Å². The van der Waals surface area contributed by atoms with Crippen molar-refractivity contribution in [1.29, 1.82) is 0 Å². The first-order valence-electron chi connectivity index (χ1n) is 11.5. The van der Waals surface area contributed by atoms with Gasteiger partial charge in [0.25, 0.3) is 0 Å². The summed E-state index contributed by atoms with van der Waals surface area (Å²) in [6, 6.07) is 7.84. The smallest absolute Gasteiger partial charge is 0.353 e. The van der Waals surface area contributed by atoms with Crippen molar-refractivity contribution < 1.29 is 28.2 Å². The van der Waals surface area contributed by atoms with Crippen molar-refractivity contribution >= 4 is 50.1 Å². The molecule has 1 aromatic heterocycles. The molecule has 2 fully saturated rings. The van der Waals surface area contributed by atoms with Gasteiger partial charge in [-0.05, 0) is 19.1 Å². The van der Waals surface area contributed by atoms with Gasteiger partial charge < -0.3 is 20.0 Å². The maximum absolute atomic E-state index is 12.5. The average Bonchev–Trinajstić information content (AvgIpc) is 3.36. The first-order chi connectivity index (χ1) is 17.1. The van der Waals surface area contributed by atoms with Crippen LogP contribution in [0.25, 0.3) is 0 Å². The van der Waals surface area contributed by atoms with Crippen LogP contribution in [-0.4, -0.2) is 70.9 Å². The number of β-lactam (4-membered cyclic amide) rings is 1. The molecule has 0 radical (unpaired) electrons. The number of aliphatic hydroxyl groups is 1. The number of aliphatic hydroxyl groups excluding tert-OH is 1. The average molecular weight is 551 g/mol. The fourth-order valence-corrected chi connectivity index (χ4v) is 8.29. The highest BCUT2D eigenvalue weighted by molar-refractivity contribution is 8.03. The van der Waals surface area contributed by atoms with Gasteiger partial charge in [0, 0.05) is 34.5 Å². The molecule has 0 aliphatic carbocycles. The van der Waals surface area contributed by atoms with Gasteiger partial charge in [-0.3, -0.25) is 4.79 Å². The van der Waals surface area contributed by atoms with Crippen LogP contribution in [0.5, 0.6) is 0 Å². The lowest BCUT2D eigenvalue weighted by molar-refractivity contribution is -0.163. The van der Waals surface area contributed by atoms with Crippen LogP contribution < -0.4 is 9.62 Å². The van der Waals surface area contributed by atoms with E-state index in [1.54, 1.807) is 25.1 Å². The second-order valence-electron chi connectivity index (χ2n) is 9.18. The minimum absolute atomic E-state index is 0.0417. The zero-order chi connectivity index (χ0) is 25.8. The Kier molecular flexibility index (Phi) is 6.62. The standard InChI is InChI=1S/C23H26N4O6S3/c1-12-18-17(13(2)28)21(29)27(18)19(22(30)31)20(12)35-15-9-26(10-15)23-25-14(11-34-23)8-24-36(32,33)16-6-4-3-5-7-16/h3-7,11-13,15,17-18,24,28H,8-10H2,1-2H3,(H,30,31)/t12-,13-,17-,18-/m1/s1. The van der Waals surface area contributed by atoms with Gasteiger partial charge in [0.1, 0.15) is 5.70 Å². The van der Waals surface area contributed by atoms with Gasteiger partial charge in [0.2, 0.25) is 15.9 Å². The van der Waals surface area contributed by atoms with Gasteiger partial charge in [-0.25, -0.2) is 22.9 Å². The number of thiazole rings is 1. The van der Waals surface area contributed by atoms with Crippen LogP contribution in [0.15, 0.2) is 51.2 Å². The number of benzene rings is 1. The summed E-state index contributed by atoms with van der Waals surface area (Å²) in [7, 11) is -3.62. The highest BCUT2D eigenvalue weighted by Crippen LogP contribution is 2.52. The van der Waals surface area contributed by atoms with Crippen molar-refractivity contribution in [3.8, 4) is 0 Å². The Labute approximate surface area is 217 Å². The van der Waals surface area contributed by atoms with E-state index in [-0.39, 0.29) is 40.3 Å². The second-order valence-corrected chi connectivity index (χ2v) is 13.1. The topological polar surface area (TPSA) is 140 Å². The monoisotopic (exact) mass is 550 g/mol. The van der Waals surface area contributed by atoms with Crippen molar-refractivity contribution in [1.82, 2.24) is 14.6 Å². The van der Waals surface area contributed by atoms with Crippen LogP contribution in [0, 0.1) is 11.8 Å². The molecule has 5 rings (SSSR count).